The van der Waals surface area contributed by atoms with Crippen molar-refractivity contribution in [1.82, 2.24) is 30.3 Å². The molecule has 2 aromatic carbocycles. The van der Waals surface area contributed by atoms with Gasteiger partial charge in [0.15, 0.2) is 5.82 Å². The summed E-state index contributed by atoms with van der Waals surface area (Å²) < 4.78 is 1.12. The van der Waals surface area contributed by atoms with Crippen LogP contribution in [-0.4, -0.2) is 76.4 Å². The molecule has 1 saturated heterocycles. The number of aromatic nitrogens is 3. The van der Waals surface area contributed by atoms with Crippen LogP contribution in [0.4, 0.5) is 11.5 Å². The fourth-order valence-corrected chi connectivity index (χ4v) is 4.83. The molecule has 4 aromatic rings. The first-order chi connectivity index (χ1) is 17.2. The van der Waals surface area contributed by atoms with Crippen molar-refractivity contribution >= 4 is 45.0 Å². The average Bonchev–Trinajstić information content (AvgIpc) is 3.54. The number of benzene rings is 2. The Morgan fingerprint density at radius 2 is 1.86 bits per heavy atom. The molecule has 0 amide bonds. The van der Waals surface area contributed by atoms with Gasteiger partial charge in [-0.25, -0.2) is 15.0 Å². The van der Waals surface area contributed by atoms with Gasteiger partial charge >= 0.3 is 0 Å². The highest BCUT2D eigenvalue weighted by Gasteiger charge is 2.24. The monoisotopic (exact) mass is 486 g/mol. The van der Waals surface area contributed by atoms with Gasteiger partial charge in [0.25, 0.3) is 0 Å². The van der Waals surface area contributed by atoms with E-state index in [0.717, 1.165) is 59.3 Å². The molecule has 10 nitrogen and oxygen atoms in total. The van der Waals surface area contributed by atoms with Crippen LogP contribution in [0.15, 0.2) is 70.1 Å². The van der Waals surface area contributed by atoms with E-state index in [1.54, 1.807) is 11.3 Å². The van der Waals surface area contributed by atoms with Crippen molar-refractivity contribution in [1.29, 1.82) is 0 Å². The van der Waals surface area contributed by atoms with Gasteiger partial charge in [0.2, 0.25) is 18.2 Å². The second-order valence-electron chi connectivity index (χ2n) is 8.56. The minimum atomic E-state index is -0.480. The second kappa shape index (κ2) is 9.35. The molecule has 4 heterocycles. The number of aromatic amines is 1. The van der Waals surface area contributed by atoms with Crippen LogP contribution < -0.4 is 16.0 Å². The number of aliphatic imine (C=N–C) groups is 2. The highest BCUT2D eigenvalue weighted by Crippen LogP contribution is 2.23. The van der Waals surface area contributed by atoms with Gasteiger partial charge in [0.1, 0.15) is 0 Å². The first-order valence-electron chi connectivity index (χ1n) is 11.5. The molecule has 0 bridgehead atoms. The Hall–Kier alpha value is -3.96. The Labute approximate surface area is 206 Å². The third-order valence-electron chi connectivity index (χ3n) is 6.07. The lowest BCUT2D eigenvalue weighted by molar-refractivity contribution is 0.212. The minimum absolute atomic E-state index is 0.480. The summed E-state index contributed by atoms with van der Waals surface area (Å²) >= 11 is 1.62. The third kappa shape index (κ3) is 4.81. The zero-order valence-electron chi connectivity index (χ0n) is 19.3. The van der Waals surface area contributed by atoms with Crippen molar-refractivity contribution < 1.29 is 0 Å². The quantitative estimate of drug-likeness (QED) is 0.351. The minimum Gasteiger partial charge on any atom is -0.345 e. The van der Waals surface area contributed by atoms with Crippen molar-refractivity contribution in [2.24, 2.45) is 9.98 Å². The van der Waals surface area contributed by atoms with Crippen LogP contribution in [0.2, 0.25) is 0 Å². The SMILES string of the molecule is CN1CCN(C2=NC(Nc3ccc4ncsc4c3)N=C(Nc3cc(-c4ccccc4)[nH]n3)N2)CC1. The molecule has 178 valence electrons. The van der Waals surface area contributed by atoms with Gasteiger partial charge in [-0.1, -0.05) is 30.3 Å². The van der Waals surface area contributed by atoms with Crippen molar-refractivity contribution in [2.45, 2.75) is 6.29 Å². The van der Waals surface area contributed by atoms with Gasteiger partial charge in [-0.3, -0.25) is 10.4 Å². The van der Waals surface area contributed by atoms with E-state index in [2.05, 4.69) is 54.0 Å². The molecule has 0 saturated carbocycles. The summed E-state index contributed by atoms with van der Waals surface area (Å²) in [5, 5.41) is 17.7. The topological polar surface area (TPSA) is 109 Å². The summed E-state index contributed by atoms with van der Waals surface area (Å²) in [5.74, 6) is 2.07. The van der Waals surface area contributed by atoms with Gasteiger partial charge in [0, 0.05) is 37.9 Å². The summed E-state index contributed by atoms with van der Waals surface area (Å²) in [6.07, 6.45) is -0.480. The number of anilines is 2. The zero-order valence-corrected chi connectivity index (χ0v) is 20.1. The molecule has 11 heteroatoms. The summed E-state index contributed by atoms with van der Waals surface area (Å²) in [4.78, 5) is 18.6. The number of guanidine groups is 2. The Morgan fingerprint density at radius 1 is 1.00 bits per heavy atom. The molecular weight excluding hydrogens is 460 g/mol. The van der Waals surface area contributed by atoms with E-state index >= 15 is 0 Å². The molecule has 0 aliphatic carbocycles. The number of thiazole rings is 1. The fourth-order valence-electron chi connectivity index (χ4n) is 4.11. The molecule has 2 aliphatic rings. The maximum atomic E-state index is 4.87. The molecule has 4 N–H and O–H groups in total. The van der Waals surface area contributed by atoms with Crippen molar-refractivity contribution in [3.05, 3.63) is 60.1 Å². The highest BCUT2D eigenvalue weighted by molar-refractivity contribution is 7.16. The normalized spacial score (nSPS) is 18.7. The maximum Gasteiger partial charge on any atom is 0.221 e. The van der Waals surface area contributed by atoms with Crippen molar-refractivity contribution in [2.75, 3.05) is 43.9 Å². The van der Waals surface area contributed by atoms with E-state index < -0.39 is 6.29 Å². The number of H-pyrrole nitrogens is 1. The second-order valence-corrected chi connectivity index (χ2v) is 9.44. The number of nitrogens with one attached hydrogen (secondary N) is 4. The number of fused-ring (bicyclic) bond motifs is 1. The van der Waals surface area contributed by atoms with Crippen molar-refractivity contribution in [3.63, 3.8) is 0 Å². The third-order valence-corrected chi connectivity index (χ3v) is 6.86. The highest BCUT2D eigenvalue weighted by atomic mass is 32.1. The number of hydrogen-bond donors (Lipinski definition) is 4. The molecule has 1 atom stereocenters. The molecule has 1 unspecified atom stereocenters. The Bertz CT molecular complexity index is 1370. The van der Waals surface area contributed by atoms with Gasteiger partial charge in [-0.05, 0) is 30.8 Å². The number of likely N-dealkylation sites (N-methyl/N-ethyl adjacent to an activating group) is 1. The van der Waals surface area contributed by atoms with Crippen LogP contribution in [0, 0.1) is 0 Å². The molecule has 35 heavy (non-hydrogen) atoms. The lowest BCUT2D eigenvalue weighted by atomic mass is 10.2. The average molecular weight is 487 g/mol. The predicted molar refractivity (Wildman–Crippen MR) is 142 cm³/mol. The first kappa shape index (κ1) is 21.6. The lowest BCUT2D eigenvalue weighted by Gasteiger charge is -2.36. The Kier molecular flexibility index (Phi) is 5.76. The number of piperazine rings is 1. The Morgan fingerprint density at radius 3 is 2.71 bits per heavy atom. The van der Waals surface area contributed by atoms with E-state index in [1.165, 1.54) is 0 Å². The molecule has 1 fully saturated rings. The first-order valence-corrected chi connectivity index (χ1v) is 12.4. The fraction of sp³-hybridized carbons (Fsp3) is 0.250. The van der Waals surface area contributed by atoms with Crippen LogP contribution in [0.25, 0.3) is 21.5 Å². The van der Waals surface area contributed by atoms with Gasteiger partial charge in [-0.15, -0.1) is 11.3 Å². The molecule has 0 radical (unpaired) electrons. The Balaban J connectivity index is 1.24. The lowest BCUT2D eigenvalue weighted by Crippen LogP contribution is -2.55. The summed E-state index contributed by atoms with van der Waals surface area (Å²) in [6, 6.07) is 18.2. The number of hydrogen-bond acceptors (Lipinski definition) is 10. The molecule has 2 aromatic heterocycles. The largest absolute Gasteiger partial charge is 0.345 e. The van der Waals surface area contributed by atoms with Crippen molar-refractivity contribution in [3.8, 4) is 11.3 Å². The number of nitrogens with zero attached hydrogens (tertiary/aromatic N) is 6. The molecule has 6 rings (SSSR count). The molecular formula is C24H26N10S. The van der Waals surface area contributed by atoms with Crippen LogP contribution in [0.5, 0.6) is 0 Å². The van der Waals surface area contributed by atoms with Gasteiger partial charge in [-0.2, -0.15) is 5.10 Å². The number of rotatable bonds is 4. The smallest absolute Gasteiger partial charge is 0.221 e. The predicted octanol–water partition coefficient (Wildman–Crippen LogP) is 3.06. The summed E-state index contributed by atoms with van der Waals surface area (Å²) in [6.45, 7) is 3.77. The summed E-state index contributed by atoms with van der Waals surface area (Å²) in [5.41, 5.74) is 5.81. The van der Waals surface area contributed by atoms with E-state index in [9.17, 15) is 0 Å². The van der Waals surface area contributed by atoms with E-state index in [1.807, 2.05) is 54.0 Å². The molecule has 2 aliphatic heterocycles. The van der Waals surface area contributed by atoms with E-state index in [4.69, 9.17) is 9.98 Å². The maximum absolute atomic E-state index is 4.87. The van der Waals surface area contributed by atoms with Crippen LogP contribution in [0.1, 0.15) is 0 Å². The van der Waals surface area contributed by atoms with E-state index in [0.29, 0.717) is 11.8 Å². The van der Waals surface area contributed by atoms with E-state index in [-0.39, 0.29) is 0 Å². The summed E-state index contributed by atoms with van der Waals surface area (Å²) in [7, 11) is 2.14. The van der Waals surface area contributed by atoms with Crippen LogP contribution in [0.3, 0.4) is 0 Å². The molecule has 0 spiro atoms. The van der Waals surface area contributed by atoms with Gasteiger partial charge < -0.3 is 20.4 Å². The standard InChI is InChI=1S/C24H26N10S/c1-33-9-11-34(12-10-33)24-29-22(26-17-7-8-18-20(13-17)35-15-25-18)28-23(30-24)27-21-14-19(31-32-21)16-5-3-2-4-6-16/h2-8,13-15,22,26H,9-12H2,1H3,(H3,27,28,29,30,31,32). The van der Waals surface area contributed by atoms with Crippen LogP contribution in [-0.2, 0) is 0 Å². The van der Waals surface area contributed by atoms with Crippen LogP contribution >= 0.6 is 11.3 Å². The zero-order chi connectivity index (χ0) is 23.6. The van der Waals surface area contributed by atoms with Gasteiger partial charge in [0.05, 0.1) is 21.4 Å².